The summed E-state index contributed by atoms with van der Waals surface area (Å²) in [7, 11) is 0. The second-order valence-corrected chi connectivity index (χ2v) is 3.86. The van der Waals surface area contributed by atoms with Crippen LogP contribution in [-0.2, 0) is 4.79 Å². The van der Waals surface area contributed by atoms with Gasteiger partial charge >= 0.3 is 0 Å². The lowest BCUT2D eigenvalue weighted by Crippen LogP contribution is -1.99. The van der Waals surface area contributed by atoms with Gasteiger partial charge in [0.1, 0.15) is 5.94 Å². The van der Waals surface area contributed by atoms with Gasteiger partial charge in [-0.25, -0.2) is 4.79 Å². The molecule has 0 aromatic heterocycles. The van der Waals surface area contributed by atoms with E-state index >= 15 is 0 Å². The largest absolute Gasteiger partial charge is 0.233 e. The molecule has 0 saturated heterocycles. The van der Waals surface area contributed by atoms with Crippen LogP contribution in [0.2, 0.25) is 0 Å². The summed E-state index contributed by atoms with van der Waals surface area (Å²) in [5, 5.41) is 0. The summed E-state index contributed by atoms with van der Waals surface area (Å²) in [6, 6.07) is 20.3. The van der Waals surface area contributed by atoms with Crippen LogP contribution in [0.15, 0.2) is 60.7 Å². The number of hydrogen-bond donors (Lipinski definition) is 0. The van der Waals surface area contributed by atoms with Crippen LogP contribution >= 0.6 is 0 Å². The number of benzene rings is 2. The van der Waals surface area contributed by atoms with E-state index in [1.807, 2.05) is 36.4 Å². The van der Waals surface area contributed by atoms with Crippen molar-refractivity contribution in [1.29, 1.82) is 0 Å². The zero-order chi connectivity index (χ0) is 11.9. The average molecular weight is 221 g/mol. The summed E-state index contributed by atoms with van der Waals surface area (Å²) in [5.74, 6) is 1.92. The van der Waals surface area contributed by atoms with Crippen molar-refractivity contribution < 1.29 is 4.79 Å². The summed E-state index contributed by atoms with van der Waals surface area (Å²) in [6.07, 6.45) is 3.21. The Labute approximate surface area is 101 Å². The van der Waals surface area contributed by atoms with Gasteiger partial charge in [-0.05, 0) is 17.5 Å². The average Bonchev–Trinajstić information content (AvgIpc) is 2.42. The molecule has 1 nitrogen and oxygen atoms in total. The van der Waals surface area contributed by atoms with E-state index in [1.54, 1.807) is 5.94 Å². The van der Waals surface area contributed by atoms with Crippen LogP contribution in [-0.4, -0.2) is 5.94 Å². The van der Waals surface area contributed by atoms with Gasteiger partial charge in [0.05, 0.1) is 6.08 Å². The van der Waals surface area contributed by atoms with Crippen LogP contribution in [0.1, 0.15) is 23.5 Å². The minimum atomic E-state index is 0.179. The molecule has 0 aliphatic heterocycles. The molecule has 0 atom stereocenters. The Morgan fingerprint density at radius 3 is 1.71 bits per heavy atom. The van der Waals surface area contributed by atoms with E-state index in [-0.39, 0.29) is 5.92 Å². The van der Waals surface area contributed by atoms with Crippen molar-refractivity contribution in [2.75, 3.05) is 0 Å². The number of allylic oxidation sites excluding steroid dienone is 1. The van der Waals surface area contributed by atoms with Crippen LogP contribution < -0.4 is 0 Å². The highest BCUT2D eigenvalue weighted by atomic mass is 16.1. The normalized spacial score (nSPS) is 9.94. The molecule has 0 amide bonds. The van der Waals surface area contributed by atoms with Crippen molar-refractivity contribution in [1.82, 2.24) is 0 Å². The van der Waals surface area contributed by atoms with Crippen molar-refractivity contribution in [2.45, 2.75) is 12.3 Å². The Balaban J connectivity index is 2.35. The van der Waals surface area contributed by atoms with E-state index in [9.17, 15) is 4.79 Å². The first kappa shape index (κ1) is 11.4. The predicted octanol–water partition coefficient (Wildman–Crippen LogP) is 3.40. The third-order valence-electron chi connectivity index (χ3n) is 2.78. The highest BCUT2D eigenvalue weighted by molar-refractivity contribution is 5.42. The molecule has 0 bridgehead atoms. The molecule has 0 saturated carbocycles. The molecular formula is C16H13O. The summed E-state index contributed by atoms with van der Waals surface area (Å²) < 4.78 is 0. The quantitative estimate of drug-likeness (QED) is 0.723. The Morgan fingerprint density at radius 1 is 0.824 bits per heavy atom. The molecule has 1 heteroatoms. The summed E-state index contributed by atoms with van der Waals surface area (Å²) in [5.41, 5.74) is 2.39. The predicted molar refractivity (Wildman–Crippen MR) is 68.3 cm³/mol. The molecule has 0 fully saturated rings. The van der Waals surface area contributed by atoms with Gasteiger partial charge in [0, 0.05) is 5.92 Å². The molecule has 0 aliphatic rings. The Hall–Kier alpha value is -2.11. The van der Waals surface area contributed by atoms with Crippen molar-refractivity contribution >= 4 is 5.94 Å². The fraction of sp³-hybridized carbons (Fsp3) is 0.125. The van der Waals surface area contributed by atoms with Crippen molar-refractivity contribution in [2.24, 2.45) is 0 Å². The van der Waals surface area contributed by atoms with Crippen molar-refractivity contribution in [3.05, 3.63) is 77.9 Å². The molecule has 0 spiro atoms. The number of carbonyl (C=O) groups excluding carboxylic acids is 1. The van der Waals surface area contributed by atoms with E-state index in [4.69, 9.17) is 0 Å². The monoisotopic (exact) mass is 221 g/mol. The standard InChI is InChI=1S/C16H13O/c17-13-7-12-16(14-8-3-1-4-9-14)15-10-5-2-6-11-15/h1-6,8-11,16H,12H2. The molecule has 2 rings (SSSR count). The summed E-state index contributed by atoms with van der Waals surface area (Å²) >= 11 is 0. The van der Waals surface area contributed by atoms with Crippen molar-refractivity contribution in [3.8, 4) is 0 Å². The summed E-state index contributed by atoms with van der Waals surface area (Å²) in [4.78, 5) is 10.3. The topological polar surface area (TPSA) is 17.1 Å². The molecule has 83 valence electrons. The molecule has 0 N–H and O–H groups in total. The van der Waals surface area contributed by atoms with Gasteiger partial charge in [0.25, 0.3) is 0 Å². The fourth-order valence-electron chi connectivity index (χ4n) is 1.94. The SMILES string of the molecule is O=C=[C]CC(c1ccccc1)c1ccccc1. The first-order valence-corrected chi connectivity index (χ1v) is 5.61. The van der Waals surface area contributed by atoms with Gasteiger partial charge in [-0.3, -0.25) is 0 Å². The van der Waals surface area contributed by atoms with E-state index in [1.165, 1.54) is 11.1 Å². The highest BCUT2D eigenvalue weighted by Gasteiger charge is 2.12. The van der Waals surface area contributed by atoms with Crippen LogP contribution in [0.3, 0.4) is 0 Å². The highest BCUT2D eigenvalue weighted by Crippen LogP contribution is 2.27. The van der Waals surface area contributed by atoms with E-state index < -0.39 is 0 Å². The van der Waals surface area contributed by atoms with Gasteiger partial charge in [-0.1, -0.05) is 60.7 Å². The maximum absolute atomic E-state index is 10.3. The first-order valence-electron chi connectivity index (χ1n) is 5.61. The van der Waals surface area contributed by atoms with Crippen LogP contribution in [0.25, 0.3) is 0 Å². The van der Waals surface area contributed by atoms with Crippen LogP contribution in [0, 0.1) is 6.08 Å². The van der Waals surface area contributed by atoms with Crippen molar-refractivity contribution in [3.63, 3.8) is 0 Å². The third-order valence-corrected chi connectivity index (χ3v) is 2.78. The minimum absolute atomic E-state index is 0.179. The number of hydrogen-bond acceptors (Lipinski definition) is 1. The van der Waals surface area contributed by atoms with Gasteiger partial charge < -0.3 is 0 Å². The Morgan fingerprint density at radius 2 is 1.29 bits per heavy atom. The molecule has 0 heterocycles. The zero-order valence-corrected chi connectivity index (χ0v) is 9.47. The molecule has 2 aromatic rings. The lowest BCUT2D eigenvalue weighted by Gasteiger charge is -2.15. The van der Waals surface area contributed by atoms with E-state index in [0.29, 0.717) is 6.42 Å². The van der Waals surface area contributed by atoms with Gasteiger partial charge in [0.2, 0.25) is 0 Å². The van der Waals surface area contributed by atoms with Gasteiger partial charge in [0.15, 0.2) is 0 Å². The zero-order valence-electron chi connectivity index (χ0n) is 9.47. The molecule has 17 heavy (non-hydrogen) atoms. The van der Waals surface area contributed by atoms with Gasteiger partial charge in [-0.2, -0.15) is 0 Å². The molecular weight excluding hydrogens is 208 g/mol. The van der Waals surface area contributed by atoms with Crippen LogP contribution in [0.5, 0.6) is 0 Å². The fourth-order valence-corrected chi connectivity index (χ4v) is 1.94. The molecule has 2 aromatic carbocycles. The van der Waals surface area contributed by atoms with Crippen LogP contribution in [0.4, 0.5) is 0 Å². The third kappa shape index (κ3) is 2.93. The Bertz CT molecular complexity index is 456. The second-order valence-electron chi connectivity index (χ2n) is 3.86. The lowest BCUT2D eigenvalue weighted by molar-refractivity contribution is 0.566. The first-order chi connectivity index (χ1) is 8.42. The molecule has 0 unspecified atom stereocenters. The maximum atomic E-state index is 10.3. The van der Waals surface area contributed by atoms with E-state index in [0.717, 1.165) is 0 Å². The lowest BCUT2D eigenvalue weighted by atomic mass is 9.89. The number of rotatable bonds is 4. The smallest absolute Gasteiger partial charge is 0.129 e. The molecule has 1 radical (unpaired) electrons. The second kappa shape index (κ2) is 5.83. The molecule has 0 aliphatic carbocycles. The summed E-state index contributed by atoms with van der Waals surface area (Å²) in [6.45, 7) is 0. The van der Waals surface area contributed by atoms with Gasteiger partial charge in [-0.15, -0.1) is 0 Å². The minimum Gasteiger partial charge on any atom is -0.233 e. The van der Waals surface area contributed by atoms with E-state index in [2.05, 4.69) is 30.3 Å². The Kier molecular flexibility index (Phi) is 3.90. The maximum Gasteiger partial charge on any atom is 0.129 e.